The molecule has 2 saturated heterocycles. The summed E-state index contributed by atoms with van der Waals surface area (Å²) in [5.41, 5.74) is 9.76. The lowest BCUT2D eigenvalue weighted by Crippen LogP contribution is -2.67. The van der Waals surface area contributed by atoms with Gasteiger partial charge >= 0.3 is 0 Å². The quantitative estimate of drug-likeness (QED) is 0.118. The largest absolute Gasteiger partial charge is 0.468 e. The molecular weight excluding hydrogens is 550 g/mol. The molecule has 0 bridgehead atoms. The summed E-state index contributed by atoms with van der Waals surface area (Å²) in [6, 6.07) is -1.51. The summed E-state index contributed by atoms with van der Waals surface area (Å²) < 4.78 is 24.0. The first-order valence-electron chi connectivity index (χ1n) is 15.2. The second-order valence-corrected chi connectivity index (χ2v) is 13.2. The number of amides is 1. The maximum atomic E-state index is 13.1. The first-order chi connectivity index (χ1) is 19.9. The molecule has 240 valence electrons. The normalized spacial score (nSPS) is 43.4. The third-order valence-electron chi connectivity index (χ3n) is 9.26. The number of ether oxygens (including phenoxy) is 4. The van der Waals surface area contributed by atoms with Crippen LogP contribution in [0.5, 0.6) is 0 Å². The number of β-amino-alcohol motifs (C(OH)–C–C–N with tert-alkyl or cyclic N) is 1. The summed E-state index contributed by atoms with van der Waals surface area (Å²) in [4.78, 5) is 13.1. The highest BCUT2D eigenvalue weighted by Crippen LogP contribution is 2.43. The van der Waals surface area contributed by atoms with Crippen molar-refractivity contribution in [3.63, 3.8) is 0 Å². The molecule has 10 atom stereocenters. The van der Waals surface area contributed by atoms with E-state index in [-0.39, 0.29) is 37.8 Å². The van der Waals surface area contributed by atoms with E-state index in [9.17, 15) is 25.2 Å². The third-order valence-corrected chi connectivity index (χ3v) is 9.26. The molecule has 5 aliphatic rings. The average molecular weight is 600 g/mol. The van der Waals surface area contributed by atoms with Crippen LogP contribution in [0.2, 0.25) is 0 Å². The molecule has 0 aromatic heterocycles. The van der Waals surface area contributed by atoms with Crippen molar-refractivity contribution in [1.29, 1.82) is 0 Å². The van der Waals surface area contributed by atoms with Crippen LogP contribution in [0.25, 0.3) is 0 Å². The molecule has 11 N–H and O–H groups in total. The molecule has 2 aliphatic carbocycles. The summed E-state index contributed by atoms with van der Waals surface area (Å²) in [5, 5.41) is 52.5. The van der Waals surface area contributed by atoms with Gasteiger partial charge in [0.25, 0.3) is 5.91 Å². The Morgan fingerprint density at radius 3 is 2.67 bits per heavy atom. The van der Waals surface area contributed by atoms with Gasteiger partial charge in [0.05, 0.1) is 24.8 Å². The van der Waals surface area contributed by atoms with Crippen LogP contribution in [0.1, 0.15) is 51.9 Å². The maximum absolute atomic E-state index is 13.1. The Morgan fingerprint density at radius 2 is 2.00 bits per heavy atom. The molecule has 14 nitrogen and oxygen atoms in total. The molecule has 0 radical (unpaired) electrons. The van der Waals surface area contributed by atoms with Gasteiger partial charge in [-0.2, -0.15) is 0 Å². The second kappa shape index (κ2) is 12.9. The summed E-state index contributed by atoms with van der Waals surface area (Å²) >= 11 is 0. The standard InChI is InChI=1S/C28H49N5O9/c1-26(37)10-19(34)24(39-15-26)42-23-18(33-25(36)28(38)7-8-31-14-28)9-17(30)22(21(23)35)41-20-4-2-3-16(40-20)11-32-13-27(12-29)5-6-27/h3,17-24,31-32,34-35,37-38H,2,4-15,29-30H2,1H3,(H,33,36)/t17-,18+,19+,20+,21-,22+,23-,24+,26+,28?/m0/s1. The monoisotopic (exact) mass is 599 g/mol. The van der Waals surface area contributed by atoms with Gasteiger partial charge in [0.2, 0.25) is 0 Å². The Balaban J connectivity index is 1.24. The molecule has 0 aromatic rings. The lowest BCUT2D eigenvalue weighted by molar-refractivity contribution is -0.297. The molecule has 42 heavy (non-hydrogen) atoms. The van der Waals surface area contributed by atoms with E-state index >= 15 is 0 Å². The fourth-order valence-electron chi connectivity index (χ4n) is 6.30. The van der Waals surface area contributed by atoms with Crippen molar-refractivity contribution >= 4 is 5.91 Å². The predicted octanol–water partition coefficient (Wildman–Crippen LogP) is -2.73. The van der Waals surface area contributed by atoms with Gasteiger partial charge in [-0.1, -0.05) is 0 Å². The van der Waals surface area contributed by atoms with E-state index in [1.54, 1.807) is 6.92 Å². The molecule has 5 rings (SSSR count). The zero-order chi connectivity index (χ0) is 30.1. The molecule has 14 heteroatoms. The number of allylic oxidation sites excluding steroid dienone is 1. The van der Waals surface area contributed by atoms with Crippen LogP contribution in [0.15, 0.2) is 11.8 Å². The van der Waals surface area contributed by atoms with Gasteiger partial charge in [-0.15, -0.1) is 0 Å². The molecule has 0 aromatic carbocycles. The number of hydrogen-bond donors (Lipinski definition) is 9. The topological polar surface area (TPSA) is 223 Å². The van der Waals surface area contributed by atoms with Crippen molar-refractivity contribution in [2.45, 2.75) is 112 Å². The fraction of sp³-hybridized carbons (Fsp3) is 0.893. The van der Waals surface area contributed by atoms with Crippen LogP contribution in [0, 0.1) is 5.41 Å². The lowest BCUT2D eigenvalue weighted by atomic mass is 9.83. The minimum Gasteiger partial charge on any atom is -0.468 e. The van der Waals surface area contributed by atoms with Crippen LogP contribution in [0.4, 0.5) is 0 Å². The van der Waals surface area contributed by atoms with Crippen molar-refractivity contribution in [3.8, 4) is 0 Å². The number of carbonyl (C=O) groups excluding carboxylic acids is 1. The molecule has 4 fully saturated rings. The average Bonchev–Trinajstić information content (AvgIpc) is 3.58. The highest BCUT2D eigenvalue weighted by Gasteiger charge is 2.50. The highest BCUT2D eigenvalue weighted by molar-refractivity contribution is 5.86. The van der Waals surface area contributed by atoms with Gasteiger partial charge in [-0.3, -0.25) is 4.79 Å². The van der Waals surface area contributed by atoms with E-state index in [0.29, 0.717) is 26.1 Å². The predicted molar refractivity (Wildman–Crippen MR) is 149 cm³/mol. The van der Waals surface area contributed by atoms with Crippen molar-refractivity contribution in [3.05, 3.63) is 11.8 Å². The Hall–Kier alpha value is -1.43. The number of nitrogens with one attached hydrogen (secondary N) is 3. The number of hydrogen-bond acceptors (Lipinski definition) is 13. The summed E-state index contributed by atoms with van der Waals surface area (Å²) in [7, 11) is 0. The SMILES string of the molecule is C[C@]1(O)CO[C@H](O[C@@H]2[C@@H](O)[C@H](O[C@@H]3CCC=C(CNCC4(CN)CC4)O3)[C@@H](N)C[C@H]2NC(=O)C2(O)CCNC2)[C@H](O)C1. The highest BCUT2D eigenvalue weighted by atomic mass is 16.7. The molecule has 0 spiro atoms. The summed E-state index contributed by atoms with van der Waals surface area (Å²) in [6.45, 7) is 4.10. The number of rotatable bonds is 11. The van der Waals surface area contributed by atoms with Gasteiger partial charge in [0, 0.05) is 32.0 Å². The van der Waals surface area contributed by atoms with E-state index < -0.39 is 66.2 Å². The second-order valence-electron chi connectivity index (χ2n) is 13.2. The molecular formula is C28H49N5O9. The van der Waals surface area contributed by atoms with E-state index in [2.05, 4.69) is 16.0 Å². The van der Waals surface area contributed by atoms with Crippen molar-refractivity contribution in [1.82, 2.24) is 16.0 Å². The Morgan fingerprint density at radius 1 is 1.21 bits per heavy atom. The fourth-order valence-corrected chi connectivity index (χ4v) is 6.30. The van der Waals surface area contributed by atoms with E-state index in [1.807, 2.05) is 6.08 Å². The summed E-state index contributed by atoms with van der Waals surface area (Å²) in [5.74, 6) is 0.151. The first-order valence-corrected chi connectivity index (χ1v) is 15.2. The van der Waals surface area contributed by atoms with E-state index in [1.165, 1.54) is 0 Å². The number of carbonyl (C=O) groups is 1. The Kier molecular flexibility index (Phi) is 9.82. The Labute approximate surface area is 246 Å². The number of nitrogens with two attached hydrogens (primary N) is 2. The minimum absolute atomic E-state index is 0.00777. The van der Waals surface area contributed by atoms with Crippen molar-refractivity contribution in [2.24, 2.45) is 16.9 Å². The third kappa shape index (κ3) is 7.44. The minimum atomic E-state index is -1.59. The van der Waals surface area contributed by atoms with Crippen LogP contribution < -0.4 is 27.4 Å². The van der Waals surface area contributed by atoms with Crippen LogP contribution >= 0.6 is 0 Å². The lowest BCUT2D eigenvalue weighted by Gasteiger charge is -2.47. The molecule has 3 heterocycles. The number of aliphatic hydroxyl groups is 4. The molecule has 3 aliphatic heterocycles. The zero-order valence-corrected chi connectivity index (χ0v) is 24.4. The van der Waals surface area contributed by atoms with E-state index in [0.717, 1.165) is 31.6 Å². The summed E-state index contributed by atoms with van der Waals surface area (Å²) in [6.07, 6.45) is -0.326. The van der Waals surface area contributed by atoms with E-state index in [4.69, 9.17) is 30.4 Å². The first kappa shape index (κ1) is 32.0. The maximum Gasteiger partial charge on any atom is 0.253 e. The number of aliphatic hydroxyl groups excluding tert-OH is 2. The van der Waals surface area contributed by atoms with Crippen molar-refractivity contribution in [2.75, 3.05) is 39.3 Å². The van der Waals surface area contributed by atoms with Crippen LogP contribution in [0.3, 0.4) is 0 Å². The van der Waals surface area contributed by atoms with Crippen molar-refractivity contribution < 1.29 is 44.2 Å². The smallest absolute Gasteiger partial charge is 0.253 e. The molecule has 1 amide bonds. The van der Waals surface area contributed by atoms with Gasteiger partial charge in [0.1, 0.15) is 30.2 Å². The van der Waals surface area contributed by atoms with Gasteiger partial charge in [0.15, 0.2) is 18.2 Å². The molecule has 2 saturated carbocycles. The van der Waals surface area contributed by atoms with Gasteiger partial charge in [-0.05, 0) is 63.6 Å². The van der Waals surface area contributed by atoms with Crippen LogP contribution in [-0.2, 0) is 23.7 Å². The Bertz CT molecular complexity index is 973. The van der Waals surface area contributed by atoms with Gasteiger partial charge in [-0.25, -0.2) is 0 Å². The molecule has 1 unspecified atom stereocenters. The van der Waals surface area contributed by atoms with Crippen LogP contribution in [-0.4, -0.2) is 126 Å². The zero-order valence-electron chi connectivity index (χ0n) is 24.4. The van der Waals surface area contributed by atoms with Gasteiger partial charge < -0.3 is 66.8 Å².